The Kier molecular flexibility index (Phi) is 7.50. The van der Waals surface area contributed by atoms with Crippen molar-refractivity contribution in [3.8, 4) is 0 Å². The van der Waals surface area contributed by atoms with Gasteiger partial charge in [0.15, 0.2) is 0 Å². The third-order valence-electron chi connectivity index (χ3n) is 4.87. The number of fused-ring (bicyclic) bond motifs is 1. The molecular formula is C17H27Cl2N3O2. The van der Waals surface area contributed by atoms with Crippen molar-refractivity contribution in [2.24, 2.45) is 11.7 Å². The van der Waals surface area contributed by atoms with Crippen LogP contribution in [0.25, 0.3) is 0 Å². The number of carbonyl (C=O) groups excluding carboxylic acids is 1. The summed E-state index contributed by atoms with van der Waals surface area (Å²) in [5, 5.41) is 9.72. The lowest BCUT2D eigenvalue weighted by Crippen LogP contribution is -2.32. The van der Waals surface area contributed by atoms with E-state index >= 15 is 0 Å². The molecule has 3 atom stereocenters. The number of benzene rings is 1. The molecule has 1 saturated carbocycles. The fourth-order valence-corrected chi connectivity index (χ4v) is 3.63. The minimum atomic E-state index is -0.544. The predicted octanol–water partition coefficient (Wildman–Crippen LogP) is 1.53. The second-order valence-corrected chi connectivity index (χ2v) is 6.87. The van der Waals surface area contributed by atoms with Crippen molar-refractivity contribution < 1.29 is 9.90 Å². The van der Waals surface area contributed by atoms with Crippen molar-refractivity contribution in [1.82, 2.24) is 9.80 Å². The zero-order chi connectivity index (χ0) is 15.9. The summed E-state index contributed by atoms with van der Waals surface area (Å²) in [7, 11) is 3.95. The first-order chi connectivity index (χ1) is 10.4. The zero-order valence-electron chi connectivity index (χ0n) is 14.1. The monoisotopic (exact) mass is 375 g/mol. The van der Waals surface area contributed by atoms with E-state index in [1.54, 1.807) is 4.90 Å². The van der Waals surface area contributed by atoms with E-state index in [9.17, 15) is 9.90 Å². The van der Waals surface area contributed by atoms with Crippen LogP contribution in [0, 0.1) is 5.92 Å². The fraction of sp³-hybridized carbons (Fsp3) is 0.588. The molecule has 1 aliphatic heterocycles. The van der Waals surface area contributed by atoms with Crippen LogP contribution in [0.15, 0.2) is 18.2 Å². The number of halogens is 2. The van der Waals surface area contributed by atoms with Gasteiger partial charge < -0.3 is 15.7 Å². The Hall–Kier alpha value is -0.850. The first-order valence-electron chi connectivity index (χ1n) is 7.92. The molecule has 2 aliphatic rings. The summed E-state index contributed by atoms with van der Waals surface area (Å²) in [6.07, 6.45) is 0.524. The number of nitrogens with zero attached hydrogens (tertiary/aromatic N) is 2. The van der Waals surface area contributed by atoms with E-state index < -0.39 is 6.10 Å². The molecular weight excluding hydrogens is 349 g/mol. The van der Waals surface area contributed by atoms with Crippen molar-refractivity contribution in [2.75, 3.05) is 14.1 Å². The van der Waals surface area contributed by atoms with Crippen LogP contribution >= 0.6 is 24.8 Å². The number of amides is 1. The molecule has 5 nitrogen and oxygen atoms in total. The average molecular weight is 376 g/mol. The minimum Gasteiger partial charge on any atom is -0.391 e. The van der Waals surface area contributed by atoms with Crippen molar-refractivity contribution in [1.29, 1.82) is 0 Å². The summed E-state index contributed by atoms with van der Waals surface area (Å²) >= 11 is 0. The van der Waals surface area contributed by atoms with Gasteiger partial charge in [0.25, 0.3) is 0 Å². The molecule has 24 heavy (non-hydrogen) atoms. The van der Waals surface area contributed by atoms with E-state index in [1.165, 1.54) is 11.1 Å². The van der Waals surface area contributed by atoms with Gasteiger partial charge in [-0.3, -0.25) is 9.69 Å². The molecule has 0 unspecified atom stereocenters. The largest absolute Gasteiger partial charge is 0.391 e. The van der Waals surface area contributed by atoms with Gasteiger partial charge in [-0.15, -0.1) is 24.8 Å². The van der Waals surface area contributed by atoms with Crippen LogP contribution in [0.3, 0.4) is 0 Å². The van der Waals surface area contributed by atoms with Gasteiger partial charge in [0.2, 0.25) is 5.91 Å². The van der Waals surface area contributed by atoms with Crippen LogP contribution in [0.4, 0.5) is 0 Å². The number of aliphatic hydroxyl groups excluding tert-OH is 1. The van der Waals surface area contributed by atoms with Crippen LogP contribution < -0.4 is 5.73 Å². The first kappa shape index (κ1) is 21.2. The Labute approximate surface area is 156 Å². The number of rotatable bonds is 3. The quantitative estimate of drug-likeness (QED) is 0.840. The summed E-state index contributed by atoms with van der Waals surface area (Å²) in [6, 6.07) is 6.22. The van der Waals surface area contributed by atoms with Gasteiger partial charge in [0.05, 0.1) is 6.10 Å². The summed E-state index contributed by atoms with van der Waals surface area (Å²) in [5.74, 6) is -0.0554. The van der Waals surface area contributed by atoms with Crippen LogP contribution in [-0.2, 0) is 24.4 Å². The lowest BCUT2D eigenvalue weighted by molar-refractivity contribution is -0.134. The molecule has 3 rings (SSSR count). The average Bonchev–Trinajstić information content (AvgIpc) is 2.99. The van der Waals surface area contributed by atoms with Gasteiger partial charge in [0, 0.05) is 38.6 Å². The molecule has 1 aliphatic carbocycles. The smallest absolute Gasteiger partial charge is 0.225 e. The Morgan fingerprint density at radius 3 is 2.58 bits per heavy atom. The maximum atomic E-state index is 12.5. The van der Waals surface area contributed by atoms with E-state index in [2.05, 4.69) is 30.1 Å². The molecule has 1 aromatic carbocycles. The molecule has 0 radical (unpaired) electrons. The van der Waals surface area contributed by atoms with Crippen LogP contribution in [0.2, 0.25) is 0 Å². The maximum absolute atomic E-state index is 12.5. The molecule has 1 amide bonds. The lowest BCUT2D eigenvalue weighted by atomic mass is 10.0. The van der Waals surface area contributed by atoms with Crippen molar-refractivity contribution in [3.05, 3.63) is 34.9 Å². The molecule has 1 aromatic rings. The highest BCUT2D eigenvalue weighted by atomic mass is 35.5. The van der Waals surface area contributed by atoms with E-state index in [-0.39, 0.29) is 42.7 Å². The third kappa shape index (κ3) is 4.41. The predicted molar refractivity (Wildman–Crippen MR) is 99.3 cm³/mol. The normalized spacial score (nSPS) is 25.6. The minimum absolute atomic E-state index is 0. The van der Waals surface area contributed by atoms with Crippen molar-refractivity contribution in [3.63, 3.8) is 0 Å². The van der Waals surface area contributed by atoms with Crippen molar-refractivity contribution in [2.45, 2.75) is 44.6 Å². The maximum Gasteiger partial charge on any atom is 0.225 e. The topological polar surface area (TPSA) is 69.8 Å². The van der Waals surface area contributed by atoms with Gasteiger partial charge in [-0.25, -0.2) is 0 Å². The standard InChI is InChI=1S/C17H25N3O2.2ClH/c1-19-9-12-4-3-11(5-14(12)10-19)8-20(2)17(22)13-6-15(18)16(21)7-13;;/h3-5,13,15-16,21H,6-10,18H2,1-2H3;2*1H/t13-,15+,16+;;/m0../s1. The summed E-state index contributed by atoms with van der Waals surface area (Å²) in [6.45, 7) is 2.59. The van der Waals surface area contributed by atoms with E-state index in [0.29, 0.717) is 19.4 Å². The molecule has 3 N–H and O–H groups in total. The molecule has 136 valence electrons. The summed E-state index contributed by atoms with van der Waals surface area (Å²) in [5.41, 5.74) is 9.71. The van der Waals surface area contributed by atoms with Gasteiger partial charge in [-0.05, 0) is 36.6 Å². The van der Waals surface area contributed by atoms with Gasteiger partial charge in [0.1, 0.15) is 0 Å². The van der Waals surface area contributed by atoms with Crippen LogP contribution in [0.5, 0.6) is 0 Å². The zero-order valence-corrected chi connectivity index (χ0v) is 15.8. The molecule has 0 saturated heterocycles. The fourth-order valence-electron chi connectivity index (χ4n) is 3.63. The van der Waals surface area contributed by atoms with Gasteiger partial charge >= 0.3 is 0 Å². The number of nitrogens with two attached hydrogens (primary N) is 1. The highest BCUT2D eigenvalue weighted by molar-refractivity contribution is 5.85. The Morgan fingerprint density at radius 2 is 1.96 bits per heavy atom. The Balaban J connectivity index is 0.00000144. The Morgan fingerprint density at radius 1 is 1.29 bits per heavy atom. The van der Waals surface area contributed by atoms with Crippen molar-refractivity contribution >= 4 is 30.7 Å². The van der Waals surface area contributed by atoms with Gasteiger partial charge in [-0.2, -0.15) is 0 Å². The molecule has 0 aromatic heterocycles. The number of hydrogen-bond acceptors (Lipinski definition) is 4. The lowest BCUT2D eigenvalue weighted by Gasteiger charge is -2.21. The molecule has 1 fully saturated rings. The second kappa shape index (κ2) is 8.50. The second-order valence-electron chi connectivity index (χ2n) is 6.87. The molecule has 1 heterocycles. The van der Waals surface area contributed by atoms with Gasteiger partial charge in [-0.1, -0.05) is 18.2 Å². The van der Waals surface area contributed by atoms with E-state index in [0.717, 1.165) is 18.7 Å². The SMILES string of the molecule is CN1Cc2ccc(CN(C)C(=O)[C@H]3C[C@@H](N)[C@H](O)C3)cc2C1.Cl.Cl. The van der Waals surface area contributed by atoms with Crippen LogP contribution in [-0.4, -0.2) is 47.1 Å². The molecule has 0 spiro atoms. The highest BCUT2D eigenvalue weighted by Crippen LogP contribution is 2.27. The van der Waals surface area contributed by atoms with Crippen LogP contribution in [0.1, 0.15) is 29.5 Å². The summed E-state index contributed by atoms with van der Waals surface area (Å²) in [4.78, 5) is 16.5. The Bertz CT molecular complexity index is 575. The summed E-state index contributed by atoms with van der Waals surface area (Å²) < 4.78 is 0. The molecule has 0 bridgehead atoms. The molecule has 7 heteroatoms. The number of hydrogen-bond donors (Lipinski definition) is 2. The highest BCUT2D eigenvalue weighted by Gasteiger charge is 2.36. The first-order valence-corrected chi connectivity index (χ1v) is 7.92. The van der Waals surface area contributed by atoms with E-state index in [1.807, 2.05) is 7.05 Å². The number of carbonyl (C=O) groups is 1. The number of aliphatic hydroxyl groups is 1. The third-order valence-corrected chi connectivity index (χ3v) is 4.87. The van der Waals surface area contributed by atoms with E-state index in [4.69, 9.17) is 5.73 Å².